The van der Waals surface area contributed by atoms with Gasteiger partial charge >= 0.3 is 0 Å². The van der Waals surface area contributed by atoms with E-state index < -0.39 is 0 Å². The van der Waals surface area contributed by atoms with E-state index in [-0.39, 0.29) is 0 Å². The average Bonchev–Trinajstić information content (AvgIpc) is 2.84. The van der Waals surface area contributed by atoms with Gasteiger partial charge in [0, 0.05) is 14.5 Å². The maximum Gasteiger partial charge on any atom is 0.120 e. The molecule has 3 N–H and O–H groups in total. The molecule has 0 bridgehead atoms. The highest BCUT2D eigenvalue weighted by Crippen LogP contribution is 2.38. The molecule has 3 aromatic rings. The van der Waals surface area contributed by atoms with Crippen LogP contribution in [-0.2, 0) is 0 Å². The summed E-state index contributed by atoms with van der Waals surface area (Å²) in [5, 5.41) is 9.47. The van der Waals surface area contributed by atoms with Crippen LogP contribution >= 0.6 is 31.9 Å². The molecule has 0 saturated heterocycles. The van der Waals surface area contributed by atoms with Crippen molar-refractivity contribution < 1.29 is 0 Å². The molecule has 0 atom stereocenters. The van der Waals surface area contributed by atoms with Gasteiger partial charge in [0.05, 0.1) is 5.69 Å². The molecule has 108 valence electrons. The molecule has 0 spiro atoms. The maximum absolute atomic E-state index is 9.47. The molecule has 3 rings (SSSR count). The van der Waals surface area contributed by atoms with Gasteiger partial charge in [-0.15, -0.1) is 0 Å². The minimum atomic E-state index is 0.382. The van der Waals surface area contributed by atoms with Gasteiger partial charge in [0.2, 0.25) is 0 Å². The van der Waals surface area contributed by atoms with Crippen molar-refractivity contribution in [2.45, 2.75) is 0 Å². The molecule has 0 radical (unpaired) electrons. The molecule has 22 heavy (non-hydrogen) atoms. The number of nitrogens with two attached hydrogens (primary N) is 1. The average molecular weight is 417 g/mol. The highest BCUT2D eigenvalue weighted by molar-refractivity contribution is 9.10. The molecule has 0 aliphatic carbocycles. The number of aromatic amines is 1. The Balaban J connectivity index is 2.31. The Morgan fingerprint density at radius 1 is 0.955 bits per heavy atom. The second-order valence-corrected chi connectivity index (χ2v) is 6.63. The molecule has 2 aromatic carbocycles. The topological polar surface area (TPSA) is 65.6 Å². The molecule has 0 unspecified atom stereocenters. The van der Waals surface area contributed by atoms with Gasteiger partial charge in [-0.2, -0.15) is 5.26 Å². The molecular formula is C17H11Br2N3. The molecule has 0 aliphatic rings. The van der Waals surface area contributed by atoms with Crippen molar-refractivity contribution in [2.75, 3.05) is 5.73 Å². The van der Waals surface area contributed by atoms with Crippen molar-refractivity contribution in [2.24, 2.45) is 0 Å². The number of rotatable bonds is 2. The number of anilines is 1. The third-order valence-electron chi connectivity index (χ3n) is 3.37. The van der Waals surface area contributed by atoms with Crippen molar-refractivity contribution in [3.63, 3.8) is 0 Å². The number of hydrogen-bond acceptors (Lipinski definition) is 2. The highest BCUT2D eigenvalue weighted by atomic mass is 79.9. The van der Waals surface area contributed by atoms with Crippen LogP contribution in [0.4, 0.5) is 5.82 Å². The number of nitriles is 1. The third kappa shape index (κ3) is 2.68. The third-order valence-corrected chi connectivity index (χ3v) is 4.35. The highest BCUT2D eigenvalue weighted by Gasteiger charge is 2.19. The van der Waals surface area contributed by atoms with Crippen LogP contribution in [0.2, 0.25) is 0 Å². The molecule has 0 amide bonds. The second kappa shape index (κ2) is 5.99. The van der Waals surface area contributed by atoms with Crippen LogP contribution < -0.4 is 5.73 Å². The van der Waals surface area contributed by atoms with Gasteiger partial charge in [-0.05, 0) is 35.4 Å². The first-order chi connectivity index (χ1) is 10.6. The summed E-state index contributed by atoms with van der Waals surface area (Å²) in [4.78, 5) is 3.14. The van der Waals surface area contributed by atoms with E-state index in [0.717, 1.165) is 31.3 Å². The molecule has 1 heterocycles. The Morgan fingerprint density at radius 3 is 2.14 bits per heavy atom. The van der Waals surface area contributed by atoms with Gasteiger partial charge in [-0.3, -0.25) is 0 Å². The Labute approximate surface area is 145 Å². The lowest BCUT2D eigenvalue weighted by Gasteiger charge is -2.06. The van der Waals surface area contributed by atoms with Gasteiger partial charge in [0.1, 0.15) is 17.5 Å². The van der Waals surface area contributed by atoms with Crippen molar-refractivity contribution in [3.8, 4) is 28.5 Å². The minimum absolute atomic E-state index is 0.382. The smallest absolute Gasteiger partial charge is 0.120 e. The van der Waals surface area contributed by atoms with Gasteiger partial charge in [-0.25, -0.2) is 0 Å². The van der Waals surface area contributed by atoms with Crippen molar-refractivity contribution in [1.29, 1.82) is 5.26 Å². The molecule has 0 saturated carbocycles. The van der Waals surface area contributed by atoms with Crippen molar-refractivity contribution >= 4 is 37.7 Å². The van der Waals surface area contributed by atoms with Crippen LogP contribution in [0, 0.1) is 11.3 Å². The predicted molar refractivity (Wildman–Crippen MR) is 96.2 cm³/mol. The van der Waals surface area contributed by atoms with Crippen LogP contribution in [0.3, 0.4) is 0 Å². The number of benzene rings is 2. The SMILES string of the molecule is N#Cc1c(N)[nH]c(-c2cccc(Br)c2)c1-c1cccc(Br)c1. The summed E-state index contributed by atoms with van der Waals surface area (Å²) < 4.78 is 1.92. The van der Waals surface area contributed by atoms with E-state index in [1.165, 1.54) is 0 Å². The summed E-state index contributed by atoms with van der Waals surface area (Å²) in [5.41, 5.74) is 10.0. The Hall–Kier alpha value is -2.03. The van der Waals surface area contributed by atoms with Gasteiger partial charge in [-0.1, -0.05) is 56.1 Å². The quantitative estimate of drug-likeness (QED) is 0.592. The van der Waals surface area contributed by atoms with Crippen molar-refractivity contribution in [3.05, 3.63) is 63.0 Å². The van der Waals surface area contributed by atoms with Crippen LogP contribution in [0.15, 0.2) is 57.5 Å². The number of nitrogens with one attached hydrogen (secondary N) is 1. The number of hydrogen-bond donors (Lipinski definition) is 2. The molecule has 1 aromatic heterocycles. The fraction of sp³-hybridized carbons (Fsp3) is 0. The lowest BCUT2D eigenvalue weighted by molar-refractivity contribution is 1.39. The normalized spacial score (nSPS) is 10.4. The lowest BCUT2D eigenvalue weighted by atomic mass is 9.98. The standard InChI is InChI=1S/C17H11Br2N3/c18-12-5-1-3-10(7-12)15-14(9-20)17(21)22-16(15)11-4-2-6-13(19)8-11/h1-8,22H,21H2. The fourth-order valence-electron chi connectivity index (χ4n) is 2.43. The van der Waals surface area contributed by atoms with E-state index in [1.807, 2.05) is 48.5 Å². The zero-order chi connectivity index (χ0) is 15.7. The lowest BCUT2D eigenvalue weighted by Crippen LogP contribution is -1.87. The van der Waals surface area contributed by atoms with E-state index in [0.29, 0.717) is 11.4 Å². The zero-order valence-electron chi connectivity index (χ0n) is 11.4. The Morgan fingerprint density at radius 2 is 1.55 bits per heavy atom. The van der Waals surface area contributed by atoms with E-state index in [2.05, 4.69) is 42.9 Å². The van der Waals surface area contributed by atoms with Crippen LogP contribution in [0.25, 0.3) is 22.4 Å². The summed E-state index contributed by atoms with van der Waals surface area (Å²) in [6.07, 6.45) is 0. The first-order valence-electron chi connectivity index (χ1n) is 6.53. The summed E-state index contributed by atoms with van der Waals surface area (Å²) in [7, 11) is 0. The van der Waals surface area contributed by atoms with Crippen LogP contribution in [0.1, 0.15) is 5.56 Å². The Bertz CT molecular complexity index is 891. The number of H-pyrrole nitrogens is 1. The molecule has 0 aliphatic heterocycles. The van der Waals surface area contributed by atoms with Crippen LogP contribution in [0.5, 0.6) is 0 Å². The molecule has 0 fully saturated rings. The van der Waals surface area contributed by atoms with Crippen LogP contribution in [-0.4, -0.2) is 4.98 Å². The number of nitrogens with zero attached hydrogens (tertiary/aromatic N) is 1. The molecular weight excluding hydrogens is 406 g/mol. The number of nitrogen functional groups attached to an aromatic ring is 1. The number of halogens is 2. The van der Waals surface area contributed by atoms with E-state index in [1.54, 1.807) is 0 Å². The maximum atomic E-state index is 9.47. The first-order valence-corrected chi connectivity index (χ1v) is 8.12. The van der Waals surface area contributed by atoms with E-state index in [4.69, 9.17) is 5.73 Å². The summed E-state index contributed by atoms with van der Waals surface area (Å²) in [6.45, 7) is 0. The minimum Gasteiger partial charge on any atom is -0.384 e. The van der Waals surface area contributed by atoms with E-state index in [9.17, 15) is 5.26 Å². The zero-order valence-corrected chi connectivity index (χ0v) is 14.6. The monoisotopic (exact) mass is 415 g/mol. The first kappa shape index (κ1) is 14.9. The summed E-state index contributed by atoms with van der Waals surface area (Å²) in [5.74, 6) is 0.382. The summed E-state index contributed by atoms with van der Waals surface area (Å²) in [6, 6.07) is 17.9. The Kier molecular flexibility index (Phi) is 4.06. The fourth-order valence-corrected chi connectivity index (χ4v) is 3.23. The van der Waals surface area contributed by atoms with E-state index >= 15 is 0 Å². The largest absolute Gasteiger partial charge is 0.384 e. The van der Waals surface area contributed by atoms with Gasteiger partial charge in [0.25, 0.3) is 0 Å². The second-order valence-electron chi connectivity index (χ2n) is 4.80. The summed E-state index contributed by atoms with van der Waals surface area (Å²) >= 11 is 6.95. The van der Waals surface area contributed by atoms with Crippen molar-refractivity contribution in [1.82, 2.24) is 4.98 Å². The molecule has 3 nitrogen and oxygen atoms in total. The predicted octanol–water partition coefficient (Wildman–Crippen LogP) is 5.33. The number of aromatic nitrogens is 1. The van der Waals surface area contributed by atoms with Gasteiger partial charge < -0.3 is 10.7 Å². The van der Waals surface area contributed by atoms with Gasteiger partial charge in [0.15, 0.2) is 0 Å². The molecule has 5 heteroatoms.